The van der Waals surface area contributed by atoms with E-state index >= 15 is 0 Å². The molecule has 0 aromatic heterocycles. The van der Waals surface area contributed by atoms with Gasteiger partial charge in [-0.3, -0.25) is 0 Å². The summed E-state index contributed by atoms with van der Waals surface area (Å²) in [6.45, 7) is 3.84. The summed E-state index contributed by atoms with van der Waals surface area (Å²) in [7, 11) is 0. The van der Waals surface area contributed by atoms with Gasteiger partial charge in [0.25, 0.3) is 0 Å². The van der Waals surface area contributed by atoms with Crippen LogP contribution in [0.15, 0.2) is 12.7 Å². The first-order valence-electron chi connectivity index (χ1n) is 4.81. The second-order valence-corrected chi connectivity index (χ2v) is 3.46. The van der Waals surface area contributed by atoms with Gasteiger partial charge in [0.15, 0.2) is 6.29 Å². The van der Waals surface area contributed by atoms with Crippen molar-refractivity contribution in [2.24, 2.45) is 11.5 Å². The van der Waals surface area contributed by atoms with Crippen molar-refractivity contribution < 1.29 is 19.7 Å². The number of hydrogen-bond acceptors (Lipinski definition) is 6. The first-order valence-corrected chi connectivity index (χ1v) is 4.81. The van der Waals surface area contributed by atoms with Crippen LogP contribution >= 0.6 is 0 Å². The number of nitrogens with two attached hydrogens (primary N) is 2. The summed E-state index contributed by atoms with van der Waals surface area (Å²) >= 11 is 0. The van der Waals surface area contributed by atoms with E-state index in [4.69, 9.17) is 20.9 Å². The van der Waals surface area contributed by atoms with E-state index in [9.17, 15) is 10.2 Å². The fourth-order valence-electron chi connectivity index (χ4n) is 1.46. The van der Waals surface area contributed by atoms with Crippen LogP contribution in [0, 0.1) is 0 Å². The minimum Gasteiger partial charge on any atom is -0.388 e. The van der Waals surface area contributed by atoms with Crippen LogP contribution in [-0.2, 0) is 9.47 Å². The molecule has 0 aromatic rings. The molecule has 0 saturated carbocycles. The van der Waals surface area contributed by atoms with Crippen molar-refractivity contribution in [3.05, 3.63) is 12.7 Å². The molecule has 6 N–H and O–H groups in total. The Morgan fingerprint density at radius 1 is 1.40 bits per heavy atom. The molecule has 6 nitrogen and oxygen atoms in total. The zero-order valence-electron chi connectivity index (χ0n) is 8.45. The molecule has 0 aromatic carbocycles. The quantitative estimate of drug-likeness (QED) is 0.403. The molecule has 0 radical (unpaired) electrons. The molecular formula is C9H18N2O4. The third kappa shape index (κ3) is 2.75. The van der Waals surface area contributed by atoms with E-state index in [0.29, 0.717) is 0 Å². The Kier molecular flexibility index (Phi) is 4.65. The summed E-state index contributed by atoms with van der Waals surface area (Å²) in [6, 6.07) is -0.789. The van der Waals surface area contributed by atoms with Crippen molar-refractivity contribution >= 4 is 0 Å². The molecule has 0 aliphatic carbocycles. The molecule has 1 fully saturated rings. The van der Waals surface area contributed by atoms with Gasteiger partial charge in [-0.25, -0.2) is 0 Å². The normalized spacial score (nSPS) is 41.5. The molecule has 88 valence electrons. The van der Waals surface area contributed by atoms with Crippen molar-refractivity contribution in [2.75, 3.05) is 13.2 Å². The van der Waals surface area contributed by atoms with Crippen LogP contribution in [0.5, 0.6) is 0 Å². The third-order valence-electron chi connectivity index (χ3n) is 2.36. The highest BCUT2D eigenvalue weighted by molar-refractivity contribution is 4.92. The lowest BCUT2D eigenvalue weighted by Crippen LogP contribution is -2.63. The van der Waals surface area contributed by atoms with Gasteiger partial charge in [0.2, 0.25) is 0 Å². The monoisotopic (exact) mass is 218 g/mol. The first kappa shape index (κ1) is 12.6. The molecule has 0 amide bonds. The highest BCUT2D eigenvalue weighted by Gasteiger charge is 2.42. The van der Waals surface area contributed by atoms with E-state index < -0.39 is 30.6 Å². The average molecular weight is 218 g/mol. The minimum atomic E-state index is -1.10. The van der Waals surface area contributed by atoms with Crippen LogP contribution in [0.2, 0.25) is 0 Å². The molecule has 0 bridgehead atoms. The second-order valence-electron chi connectivity index (χ2n) is 3.46. The van der Waals surface area contributed by atoms with E-state index in [1.54, 1.807) is 6.08 Å². The Morgan fingerprint density at radius 3 is 2.60 bits per heavy atom. The Morgan fingerprint density at radius 2 is 2.07 bits per heavy atom. The van der Waals surface area contributed by atoms with Gasteiger partial charge in [0, 0.05) is 6.54 Å². The lowest BCUT2D eigenvalue weighted by molar-refractivity contribution is -0.253. The smallest absolute Gasteiger partial charge is 0.176 e. The zero-order valence-corrected chi connectivity index (χ0v) is 8.45. The Hall–Kier alpha value is -0.500. The number of rotatable bonds is 4. The summed E-state index contributed by atoms with van der Waals surface area (Å²) in [5.41, 5.74) is 11.0. The number of ether oxygens (including phenoxy) is 2. The summed E-state index contributed by atoms with van der Waals surface area (Å²) in [5.74, 6) is 0. The van der Waals surface area contributed by atoms with Gasteiger partial charge in [0.1, 0.15) is 18.3 Å². The molecule has 1 heterocycles. The first-order chi connectivity index (χ1) is 7.11. The van der Waals surface area contributed by atoms with E-state index in [-0.39, 0.29) is 13.2 Å². The molecule has 6 heteroatoms. The van der Waals surface area contributed by atoms with Crippen LogP contribution in [0.1, 0.15) is 0 Å². The fourth-order valence-corrected chi connectivity index (χ4v) is 1.46. The zero-order chi connectivity index (χ0) is 11.4. The van der Waals surface area contributed by atoms with E-state index in [1.807, 2.05) is 0 Å². The molecule has 1 aliphatic rings. The maximum atomic E-state index is 9.60. The van der Waals surface area contributed by atoms with Crippen LogP contribution in [0.3, 0.4) is 0 Å². The lowest BCUT2D eigenvalue weighted by Gasteiger charge is -2.40. The lowest BCUT2D eigenvalue weighted by atomic mass is 9.97. The number of aliphatic hydroxyl groups is 2. The summed E-state index contributed by atoms with van der Waals surface area (Å²) in [4.78, 5) is 0. The average Bonchev–Trinajstić information content (AvgIpc) is 2.25. The van der Waals surface area contributed by atoms with Crippen molar-refractivity contribution in [1.29, 1.82) is 0 Å². The van der Waals surface area contributed by atoms with Crippen LogP contribution in [0.25, 0.3) is 0 Å². The van der Waals surface area contributed by atoms with Gasteiger partial charge in [-0.2, -0.15) is 0 Å². The van der Waals surface area contributed by atoms with Gasteiger partial charge in [-0.05, 0) is 0 Å². The molecule has 1 aliphatic heterocycles. The van der Waals surface area contributed by atoms with Crippen molar-refractivity contribution in [3.8, 4) is 0 Å². The molecule has 5 unspecified atom stereocenters. The maximum Gasteiger partial charge on any atom is 0.176 e. The topological polar surface area (TPSA) is 111 Å². The molecule has 5 atom stereocenters. The van der Waals surface area contributed by atoms with Crippen molar-refractivity contribution in [2.45, 2.75) is 30.6 Å². The largest absolute Gasteiger partial charge is 0.388 e. The Balaban J connectivity index is 2.60. The second kappa shape index (κ2) is 5.55. The van der Waals surface area contributed by atoms with Crippen LogP contribution in [0.4, 0.5) is 0 Å². The molecule has 0 spiro atoms. The summed E-state index contributed by atoms with van der Waals surface area (Å²) < 4.78 is 10.5. The van der Waals surface area contributed by atoms with Gasteiger partial charge in [-0.15, -0.1) is 6.58 Å². The van der Waals surface area contributed by atoms with Gasteiger partial charge in [0.05, 0.1) is 12.6 Å². The highest BCUT2D eigenvalue weighted by atomic mass is 16.7. The predicted molar refractivity (Wildman–Crippen MR) is 53.9 cm³/mol. The third-order valence-corrected chi connectivity index (χ3v) is 2.36. The molecule has 1 saturated heterocycles. The number of hydrogen-bond donors (Lipinski definition) is 4. The Labute approximate surface area is 88.5 Å². The van der Waals surface area contributed by atoms with Crippen molar-refractivity contribution in [3.63, 3.8) is 0 Å². The molecule has 1 rings (SSSR count). The highest BCUT2D eigenvalue weighted by Crippen LogP contribution is 2.20. The van der Waals surface area contributed by atoms with Gasteiger partial charge in [-0.1, -0.05) is 6.08 Å². The van der Waals surface area contributed by atoms with Crippen LogP contribution < -0.4 is 11.5 Å². The van der Waals surface area contributed by atoms with E-state index in [0.717, 1.165) is 0 Å². The summed E-state index contributed by atoms with van der Waals surface area (Å²) in [6.07, 6.45) is -2.05. The van der Waals surface area contributed by atoms with E-state index in [1.165, 1.54) is 0 Å². The fraction of sp³-hybridized carbons (Fsp3) is 0.778. The minimum absolute atomic E-state index is 0.0961. The predicted octanol–water partition coefficient (Wildman–Crippen LogP) is -2.08. The molecule has 15 heavy (non-hydrogen) atoms. The summed E-state index contributed by atoms with van der Waals surface area (Å²) in [5, 5.41) is 19.1. The van der Waals surface area contributed by atoms with Crippen molar-refractivity contribution in [1.82, 2.24) is 0 Å². The van der Waals surface area contributed by atoms with Gasteiger partial charge < -0.3 is 31.2 Å². The van der Waals surface area contributed by atoms with Gasteiger partial charge >= 0.3 is 0 Å². The maximum absolute atomic E-state index is 9.60. The SMILES string of the molecule is C=CCOC1OC(CN)C(O)C(O)C1N. The molecular weight excluding hydrogens is 200 g/mol. The van der Waals surface area contributed by atoms with E-state index in [2.05, 4.69) is 6.58 Å². The number of aliphatic hydroxyl groups excluding tert-OH is 2. The van der Waals surface area contributed by atoms with Crippen LogP contribution in [-0.4, -0.2) is 54.0 Å². The Bertz CT molecular complexity index is 212. The standard InChI is InChI=1S/C9H18N2O4/c1-2-3-14-9-6(11)8(13)7(12)5(4-10)15-9/h2,5-9,12-13H,1,3-4,10-11H2.